The van der Waals surface area contributed by atoms with Crippen molar-refractivity contribution in [1.82, 2.24) is 15.1 Å². The van der Waals surface area contributed by atoms with Crippen LogP contribution in [0.5, 0.6) is 0 Å². The van der Waals surface area contributed by atoms with Crippen LogP contribution in [0.4, 0.5) is 4.79 Å². The third-order valence-corrected chi connectivity index (χ3v) is 7.95. The van der Waals surface area contributed by atoms with Gasteiger partial charge in [0.25, 0.3) is 0 Å². The van der Waals surface area contributed by atoms with E-state index in [2.05, 4.69) is 79.5 Å². The smallest absolute Gasteiger partial charge is 0.318 e. The van der Waals surface area contributed by atoms with Crippen molar-refractivity contribution < 1.29 is 9.59 Å². The number of hydrogen-bond donors (Lipinski definition) is 1. The number of likely N-dealkylation sites (tertiary alicyclic amines) is 1. The Balaban J connectivity index is 1.33. The molecule has 0 spiro atoms. The number of piperidine rings is 2. The monoisotopic (exact) mass is 459 g/mol. The number of carbonyl (C=O) groups is 2. The van der Waals surface area contributed by atoms with Gasteiger partial charge < -0.3 is 15.1 Å². The highest BCUT2D eigenvalue weighted by Gasteiger charge is 2.48. The van der Waals surface area contributed by atoms with Gasteiger partial charge in [0.2, 0.25) is 5.91 Å². The number of fused-ring (bicyclic) bond motifs is 4. The molecule has 5 heteroatoms. The number of urea groups is 1. The quantitative estimate of drug-likeness (QED) is 0.678. The predicted octanol–water partition coefficient (Wildman–Crippen LogP) is 5.27. The van der Waals surface area contributed by atoms with Crippen molar-refractivity contribution in [3.8, 4) is 0 Å². The molecule has 0 bridgehead atoms. The fraction of sp³-hybridized carbons (Fsp3) is 0.517. The first-order chi connectivity index (χ1) is 16.4. The van der Waals surface area contributed by atoms with E-state index in [4.69, 9.17) is 0 Å². The second kappa shape index (κ2) is 9.44. The van der Waals surface area contributed by atoms with Crippen molar-refractivity contribution in [3.05, 3.63) is 70.8 Å². The van der Waals surface area contributed by atoms with Crippen molar-refractivity contribution in [2.45, 2.75) is 71.0 Å². The SMILES string of the molecule is CC(C)Cc1cccc([C@@H](C)NC(=O)N2CCC[C@@H]3C(=O)N4CCc5ccccc5[C@H]4C[C@@H]32)c1. The molecule has 3 aliphatic heterocycles. The van der Waals surface area contributed by atoms with Gasteiger partial charge in [-0.2, -0.15) is 0 Å². The zero-order valence-electron chi connectivity index (χ0n) is 20.7. The maximum Gasteiger partial charge on any atom is 0.318 e. The van der Waals surface area contributed by atoms with E-state index in [1.807, 2.05) is 4.90 Å². The van der Waals surface area contributed by atoms with Gasteiger partial charge in [0.1, 0.15) is 0 Å². The largest absolute Gasteiger partial charge is 0.335 e. The minimum absolute atomic E-state index is 0.0341. The van der Waals surface area contributed by atoms with Crippen molar-refractivity contribution in [2.24, 2.45) is 11.8 Å². The van der Waals surface area contributed by atoms with E-state index in [0.29, 0.717) is 5.92 Å². The van der Waals surface area contributed by atoms with E-state index in [1.165, 1.54) is 16.7 Å². The molecule has 34 heavy (non-hydrogen) atoms. The Morgan fingerprint density at radius 1 is 1.09 bits per heavy atom. The molecular weight excluding hydrogens is 422 g/mol. The third kappa shape index (κ3) is 4.33. The van der Waals surface area contributed by atoms with Gasteiger partial charge in [0, 0.05) is 19.1 Å². The molecule has 0 aliphatic carbocycles. The molecule has 5 rings (SSSR count). The molecule has 0 radical (unpaired) electrons. The molecule has 2 aromatic rings. The van der Waals surface area contributed by atoms with Crippen molar-refractivity contribution in [1.29, 1.82) is 0 Å². The number of hydrogen-bond acceptors (Lipinski definition) is 2. The Bertz CT molecular complexity index is 1060. The Labute approximate surface area is 203 Å². The van der Waals surface area contributed by atoms with Crippen LogP contribution in [0.15, 0.2) is 48.5 Å². The van der Waals surface area contributed by atoms with Gasteiger partial charge in [-0.1, -0.05) is 62.4 Å². The summed E-state index contributed by atoms with van der Waals surface area (Å²) in [5, 5.41) is 3.25. The van der Waals surface area contributed by atoms with Gasteiger partial charge >= 0.3 is 6.03 Å². The first-order valence-corrected chi connectivity index (χ1v) is 13.0. The van der Waals surface area contributed by atoms with Gasteiger partial charge in [-0.05, 0) is 67.2 Å². The molecule has 0 aromatic heterocycles. The lowest BCUT2D eigenvalue weighted by Gasteiger charge is -2.51. The lowest BCUT2D eigenvalue weighted by atomic mass is 9.76. The number of benzene rings is 2. The number of amides is 3. The molecule has 4 atom stereocenters. The summed E-state index contributed by atoms with van der Waals surface area (Å²) in [7, 11) is 0. The number of nitrogens with zero attached hydrogens (tertiary/aromatic N) is 2. The summed E-state index contributed by atoms with van der Waals surface area (Å²) in [6, 6.07) is 17.0. The van der Waals surface area contributed by atoms with Gasteiger partial charge in [-0.3, -0.25) is 4.79 Å². The molecule has 3 aliphatic rings. The minimum atomic E-state index is -0.0781. The highest BCUT2D eigenvalue weighted by Crippen LogP contribution is 2.43. The average Bonchev–Trinajstić information content (AvgIpc) is 2.83. The van der Waals surface area contributed by atoms with Crippen molar-refractivity contribution in [2.75, 3.05) is 13.1 Å². The molecule has 2 saturated heterocycles. The molecule has 0 unspecified atom stereocenters. The van der Waals surface area contributed by atoms with Crippen LogP contribution in [0.2, 0.25) is 0 Å². The van der Waals surface area contributed by atoms with Gasteiger partial charge in [0.05, 0.1) is 18.0 Å². The fourth-order valence-corrected chi connectivity index (χ4v) is 6.31. The third-order valence-electron chi connectivity index (χ3n) is 7.95. The van der Waals surface area contributed by atoms with Crippen molar-refractivity contribution >= 4 is 11.9 Å². The highest BCUT2D eigenvalue weighted by molar-refractivity contribution is 5.83. The number of rotatable bonds is 4. The van der Waals surface area contributed by atoms with Crippen LogP contribution < -0.4 is 5.32 Å². The molecular formula is C29H37N3O2. The Morgan fingerprint density at radius 2 is 1.91 bits per heavy atom. The lowest BCUT2D eigenvalue weighted by molar-refractivity contribution is -0.148. The molecule has 0 saturated carbocycles. The van der Waals surface area contributed by atoms with Crippen LogP contribution in [-0.2, 0) is 17.6 Å². The standard InChI is InChI=1S/C29H37N3O2/c1-19(2)16-21-8-6-10-23(17-21)20(3)30-29(34)32-14-7-12-25-27(32)18-26-24-11-5-4-9-22(24)13-15-31(26)28(25)33/h4-6,8-11,17,19-20,25-27H,7,12-16,18H2,1-3H3,(H,30,34)/t20-,25+,26-,27+/m1/s1. The molecule has 1 N–H and O–H groups in total. The molecule has 2 fully saturated rings. The average molecular weight is 460 g/mol. The summed E-state index contributed by atoms with van der Waals surface area (Å²) in [6.07, 6.45) is 4.55. The Hall–Kier alpha value is -2.82. The van der Waals surface area contributed by atoms with E-state index < -0.39 is 0 Å². The molecule has 2 aromatic carbocycles. The summed E-state index contributed by atoms with van der Waals surface area (Å²) >= 11 is 0. The van der Waals surface area contributed by atoms with E-state index in [9.17, 15) is 9.59 Å². The van der Waals surface area contributed by atoms with E-state index >= 15 is 0 Å². The summed E-state index contributed by atoms with van der Waals surface area (Å²) in [4.78, 5) is 31.1. The predicted molar refractivity (Wildman–Crippen MR) is 134 cm³/mol. The minimum Gasteiger partial charge on any atom is -0.335 e. The normalized spacial score (nSPS) is 24.8. The molecule has 3 amide bonds. The zero-order valence-corrected chi connectivity index (χ0v) is 20.7. The van der Waals surface area contributed by atoms with Crippen molar-refractivity contribution in [3.63, 3.8) is 0 Å². The zero-order chi connectivity index (χ0) is 23.8. The van der Waals surface area contributed by atoms with Crippen LogP contribution in [0.1, 0.15) is 74.4 Å². The first kappa shape index (κ1) is 22.9. The summed E-state index contributed by atoms with van der Waals surface area (Å²) < 4.78 is 0. The second-order valence-electron chi connectivity index (χ2n) is 10.8. The van der Waals surface area contributed by atoms with Crippen LogP contribution in [0.3, 0.4) is 0 Å². The van der Waals surface area contributed by atoms with E-state index in [0.717, 1.165) is 50.8 Å². The Kier molecular flexibility index (Phi) is 6.37. The molecule has 3 heterocycles. The number of nitrogens with one attached hydrogen (secondary N) is 1. The Morgan fingerprint density at radius 3 is 2.74 bits per heavy atom. The first-order valence-electron chi connectivity index (χ1n) is 13.0. The lowest BCUT2D eigenvalue weighted by Crippen LogP contribution is -2.61. The molecule has 180 valence electrons. The fourth-order valence-electron chi connectivity index (χ4n) is 6.31. The van der Waals surface area contributed by atoms with Gasteiger partial charge in [-0.25, -0.2) is 4.79 Å². The van der Waals surface area contributed by atoms with Gasteiger partial charge in [-0.15, -0.1) is 0 Å². The van der Waals surface area contributed by atoms with Crippen LogP contribution >= 0.6 is 0 Å². The van der Waals surface area contributed by atoms with E-state index in [1.54, 1.807) is 0 Å². The molecule has 5 nitrogen and oxygen atoms in total. The van der Waals surface area contributed by atoms with Gasteiger partial charge in [0.15, 0.2) is 0 Å². The highest BCUT2D eigenvalue weighted by atomic mass is 16.2. The summed E-state index contributed by atoms with van der Waals surface area (Å²) in [6.45, 7) is 8.01. The summed E-state index contributed by atoms with van der Waals surface area (Å²) in [5.74, 6) is 0.757. The summed E-state index contributed by atoms with van der Waals surface area (Å²) in [5.41, 5.74) is 5.05. The number of carbonyl (C=O) groups excluding carboxylic acids is 2. The maximum atomic E-state index is 13.5. The van der Waals surface area contributed by atoms with Crippen LogP contribution in [-0.4, -0.2) is 40.9 Å². The second-order valence-corrected chi connectivity index (χ2v) is 10.8. The topological polar surface area (TPSA) is 52.7 Å². The maximum absolute atomic E-state index is 13.5. The van der Waals surface area contributed by atoms with E-state index in [-0.39, 0.29) is 36.0 Å². The van der Waals surface area contributed by atoms with Crippen LogP contribution in [0, 0.1) is 11.8 Å². The van der Waals surface area contributed by atoms with Crippen LogP contribution in [0.25, 0.3) is 0 Å².